The van der Waals surface area contributed by atoms with Crippen molar-refractivity contribution >= 4 is 41.5 Å². The van der Waals surface area contributed by atoms with E-state index in [0.717, 1.165) is 37.5 Å². The highest BCUT2D eigenvalue weighted by Gasteiger charge is 2.20. The molecule has 3 rings (SSSR count). The van der Waals surface area contributed by atoms with Gasteiger partial charge in [-0.1, -0.05) is 30.3 Å². The average Bonchev–Trinajstić information content (AvgIpc) is 2.82. The Morgan fingerprint density at radius 1 is 1.03 bits per heavy atom. The predicted octanol–water partition coefficient (Wildman–Crippen LogP) is 2.72. The molecule has 1 saturated heterocycles. The second kappa shape index (κ2) is 13.0. The first-order valence-corrected chi connectivity index (χ1v) is 10.3. The van der Waals surface area contributed by atoms with Crippen molar-refractivity contribution < 1.29 is 9.53 Å². The third kappa shape index (κ3) is 7.61. The number of amides is 1. The number of hydrogen-bond donors (Lipinski definition) is 2. The van der Waals surface area contributed by atoms with Gasteiger partial charge in [0.15, 0.2) is 5.96 Å². The number of aliphatic imine (C=N–C) groups is 1. The van der Waals surface area contributed by atoms with Crippen LogP contribution < -0.4 is 20.3 Å². The Balaban J connectivity index is 0.00000341. The summed E-state index contributed by atoms with van der Waals surface area (Å²) in [6.45, 7) is 4.44. The van der Waals surface area contributed by atoms with E-state index in [-0.39, 0.29) is 29.9 Å². The van der Waals surface area contributed by atoms with Crippen molar-refractivity contribution in [3.63, 3.8) is 0 Å². The minimum absolute atomic E-state index is 0. The van der Waals surface area contributed by atoms with Gasteiger partial charge in [-0.3, -0.25) is 9.79 Å². The average molecular weight is 537 g/mol. The molecule has 0 spiro atoms. The van der Waals surface area contributed by atoms with Gasteiger partial charge in [-0.05, 0) is 29.8 Å². The zero-order valence-corrected chi connectivity index (χ0v) is 20.5. The number of nitrogens with zero attached hydrogens (tertiary/aromatic N) is 3. The Labute approximate surface area is 201 Å². The van der Waals surface area contributed by atoms with E-state index >= 15 is 0 Å². The van der Waals surface area contributed by atoms with E-state index in [1.807, 2.05) is 47.4 Å². The number of methoxy groups -OCH3 is 1. The van der Waals surface area contributed by atoms with Gasteiger partial charge in [0.05, 0.1) is 7.11 Å². The van der Waals surface area contributed by atoms with Crippen molar-refractivity contribution in [3.8, 4) is 5.75 Å². The zero-order valence-electron chi connectivity index (χ0n) is 18.2. The summed E-state index contributed by atoms with van der Waals surface area (Å²) in [5.41, 5.74) is 2.32. The van der Waals surface area contributed by atoms with Crippen LogP contribution in [0.2, 0.25) is 0 Å². The number of guanidine groups is 1. The quantitative estimate of drug-likeness (QED) is 0.323. The van der Waals surface area contributed by atoms with E-state index in [1.165, 1.54) is 5.69 Å². The minimum atomic E-state index is 0. The van der Waals surface area contributed by atoms with E-state index in [4.69, 9.17) is 4.74 Å². The molecule has 0 unspecified atom stereocenters. The van der Waals surface area contributed by atoms with Crippen molar-refractivity contribution in [1.29, 1.82) is 0 Å². The molecule has 1 aliphatic heterocycles. The molecule has 7 nitrogen and oxygen atoms in total. The monoisotopic (exact) mass is 537 g/mol. The maximum atomic E-state index is 12.6. The molecule has 0 atom stereocenters. The molecule has 0 aromatic heterocycles. The smallest absolute Gasteiger partial charge is 0.224 e. The fourth-order valence-electron chi connectivity index (χ4n) is 3.49. The third-order valence-corrected chi connectivity index (χ3v) is 5.20. The minimum Gasteiger partial charge on any atom is -0.497 e. The SMILES string of the molecule is CN=C(NCCC(=O)N1CCN(c2ccccc2)CC1)NCc1cccc(OC)c1.I. The summed E-state index contributed by atoms with van der Waals surface area (Å²) >= 11 is 0. The van der Waals surface area contributed by atoms with E-state index in [1.54, 1.807) is 14.2 Å². The zero-order chi connectivity index (χ0) is 21.2. The van der Waals surface area contributed by atoms with Crippen LogP contribution >= 0.6 is 24.0 Å². The van der Waals surface area contributed by atoms with Crippen molar-refractivity contribution in [2.75, 3.05) is 51.8 Å². The number of para-hydroxylation sites is 1. The van der Waals surface area contributed by atoms with Gasteiger partial charge in [-0.25, -0.2) is 0 Å². The summed E-state index contributed by atoms with van der Waals surface area (Å²) in [7, 11) is 3.39. The van der Waals surface area contributed by atoms with Gasteiger partial charge in [-0.15, -0.1) is 24.0 Å². The number of piperazine rings is 1. The van der Waals surface area contributed by atoms with Crippen LogP contribution in [0.5, 0.6) is 5.75 Å². The van der Waals surface area contributed by atoms with Crippen LogP contribution in [0.3, 0.4) is 0 Å². The van der Waals surface area contributed by atoms with Crippen molar-refractivity contribution in [2.45, 2.75) is 13.0 Å². The Bertz CT molecular complexity index is 839. The number of hydrogen-bond acceptors (Lipinski definition) is 4. The number of ether oxygens (including phenoxy) is 1. The first-order chi connectivity index (χ1) is 14.7. The summed E-state index contributed by atoms with van der Waals surface area (Å²) < 4.78 is 5.25. The van der Waals surface area contributed by atoms with Gasteiger partial charge in [-0.2, -0.15) is 0 Å². The van der Waals surface area contributed by atoms with Crippen molar-refractivity contribution in [2.24, 2.45) is 4.99 Å². The van der Waals surface area contributed by atoms with Crippen LogP contribution in [0.15, 0.2) is 59.6 Å². The maximum Gasteiger partial charge on any atom is 0.224 e. The lowest BCUT2D eigenvalue weighted by Gasteiger charge is -2.36. The number of benzene rings is 2. The Morgan fingerprint density at radius 3 is 2.45 bits per heavy atom. The Kier molecular flexibility index (Phi) is 10.4. The molecular weight excluding hydrogens is 505 g/mol. The molecule has 0 saturated carbocycles. The lowest BCUT2D eigenvalue weighted by atomic mass is 10.2. The molecule has 31 heavy (non-hydrogen) atoms. The van der Waals surface area contributed by atoms with Crippen LogP contribution in [0, 0.1) is 0 Å². The fourth-order valence-corrected chi connectivity index (χ4v) is 3.49. The summed E-state index contributed by atoms with van der Waals surface area (Å²) in [4.78, 5) is 21.1. The van der Waals surface area contributed by atoms with Crippen LogP contribution in [0.25, 0.3) is 0 Å². The molecule has 0 radical (unpaired) electrons. The Morgan fingerprint density at radius 2 is 1.77 bits per heavy atom. The van der Waals surface area contributed by atoms with Gasteiger partial charge in [0.1, 0.15) is 5.75 Å². The number of carbonyl (C=O) groups is 1. The number of rotatable bonds is 7. The van der Waals surface area contributed by atoms with E-state index in [9.17, 15) is 4.79 Å². The van der Waals surface area contributed by atoms with Gasteiger partial charge in [0.25, 0.3) is 0 Å². The standard InChI is InChI=1S/C23H31N5O2.HI/c1-24-23(26-18-19-7-6-10-21(17-19)30-2)25-12-11-22(29)28-15-13-27(14-16-28)20-8-4-3-5-9-20;/h3-10,17H,11-16,18H2,1-2H3,(H2,24,25,26);1H. The lowest BCUT2D eigenvalue weighted by Crippen LogP contribution is -2.49. The molecule has 2 aromatic rings. The molecule has 0 bridgehead atoms. The summed E-state index contributed by atoms with van der Waals surface area (Å²) in [5, 5.41) is 6.49. The van der Waals surface area contributed by atoms with Gasteiger partial charge < -0.3 is 25.2 Å². The molecule has 1 amide bonds. The first-order valence-electron chi connectivity index (χ1n) is 10.3. The fraction of sp³-hybridized carbons (Fsp3) is 0.391. The van der Waals surface area contributed by atoms with Crippen LogP contribution in [-0.2, 0) is 11.3 Å². The highest BCUT2D eigenvalue weighted by atomic mass is 127. The number of carbonyl (C=O) groups excluding carboxylic acids is 1. The molecule has 8 heteroatoms. The highest BCUT2D eigenvalue weighted by Crippen LogP contribution is 2.16. The van der Waals surface area contributed by atoms with Crippen molar-refractivity contribution in [1.82, 2.24) is 15.5 Å². The highest BCUT2D eigenvalue weighted by molar-refractivity contribution is 14.0. The molecule has 168 valence electrons. The predicted molar refractivity (Wildman–Crippen MR) is 136 cm³/mol. The largest absolute Gasteiger partial charge is 0.497 e. The normalized spacial score (nSPS) is 13.9. The third-order valence-electron chi connectivity index (χ3n) is 5.20. The topological polar surface area (TPSA) is 69.2 Å². The second-order valence-corrected chi connectivity index (χ2v) is 7.16. The lowest BCUT2D eigenvalue weighted by molar-refractivity contribution is -0.131. The van der Waals surface area contributed by atoms with E-state index < -0.39 is 0 Å². The maximum absolute atomic E-state index is 12.6. The number of anilines is 1. The molecule has 2 N–H and O–H groups in total. The molecule has 1 heterocycles. The van der Waals surface area contributed by atoms with Crippen LogP contribution in [0.4, 0.5) is 5.69 Å². The molecule has 1 fully saturated rings. The van der Waals surface area contributed by atoms with Gasteiger partial charge in [0, 0.05) is 58.4 Å². The first kappa shape index (κ1) is 24.8. The number of halogens is 1. The number of nitrogens with one attached hydrogen (secondary N) is 2. The summed E-state index contributed by atoms with van der Waals surface area (Å²) in [6, 6.07) is 18.2. The second-order valence-electron chi connectivity index (χ2n) is 7.16. The van der Waals surface area contributed by atoms with Crippen molar-refractivity contribution in [3.05, 3.63) is 60.2 Å². The van der Waals surface area contributed by atoms with Crippen LogP contribution in [0.1, 0.15) is 12.0 Å². The molecule has 2 aromatic carbocycles. The van der Waals surface area contributed by atoms with Gasteiger partial charge in [0.2, 0.25) is 5.91 Å². The molecule has 1 aliphatic rings. The molecule has 0 aliphatic carbocycles. The summed E-state index contributed by atoms with van der Waals surface area (Å²) in [5.74, 6) is 1.69. The van der Waals surface area contributed by atoms with Crippen LogP contribution in [-0.4, -0.2) is 63.6 Å². The van der Waals surface area contributed by atoms with Gasteiger partial charge >= 0.3 is 0 Å². The van der Waals surface area contributed by atoms with E-state index in [2.05, 4.69) is 32.7 Å². The molecular formula is C23H32IN5O2. The summed E-state index contributed by atoms with van der Waals surface area (Å²) in [6.07, 6.45) is 0.450. The van der Waals surface area contributed by atoms with E-state index in [0.29, 0.717) is 25.5 Å². The Hall–Kier alpha value is -2.49.